The van der Waals surface area contributed by atoms with Gasteiger partial charge in [0.1, 0.15) is 0 Å². The second-order valence-corrected chi connectivity index (χ2v) is 7.41. The molecule has 2 aromatic heterocycles. The zero-order valence-electron chi connectivity index (χ0n) is 17.0. The Morgan fingerprint density at radius 3 is 2.29 bits per heavy atom. The minimum atomic E-state index is 0.0120. The number of carbonyl (C=O) groups excluding carboxylic acids is 1. The summed E-state index contributed by atoms with van der Waals surface area (Å²) >= 11 is 0. The van der Waals surface area contributed by atoms with Gasteiger partial charge in [-0.05, 0) is 12.1 Å². The predicted molar refractivity (Wildman–Crippen MR) is 115 cm³/mol. The SMILES string of the molecule is Nc1nc(N2CCOCC2)c2nc(-c3ccc(C(=O)N4CCOCC4)cc3)cnc2n1. The molecule has 2 saturated heterocycles. The third-order valence-corrected chi connectivity index (χ3v) is 5.44. The number of hydrogen-bond acceptors (Lipinski definition) is 9. The molecule has 0 spiro atoms. The maximum atomic E-state index is 12.7. The van der Waals surface area contributed by atoms with E-state index in [1.807, 2.05) is 29.2 Å². The van der Waals surface area contributed by atoms with Crippen LogP contribution in [0.3, 0.4) is 0 Å². The highest BCUT2D eigenvalue weighted by Gasteiger charge is 2.20. The Balaban J connectivity index is 1.46. The molecule has 3 aromatic rings. The smallest absolute Gasteiger partial charge is 0.254 e. The predicted octanol–water partition coefficient (Wildman–Crippen LogP) is 0.978. The molecular formula is C21H23N7O3. The van der Waals surface area contributed by atoms with Crippen LogP contribution in [0, 0.1) is 0 Å². The van der Waals surface area contributed by atoms with Crippen molar-refractivity contribution in [2.45, 2.75) is 0 Å². The first-order valence-corrected chi connectivity index (χ1v) is 10.3. The lowest BCUT2D eigenvalue weighted by Crippen LogP contribution is -2.40. The molecule has 2 aliphatic rings. The molecule has 0 radical (unpaired) electrons. The number of benzene rings is 1. The van der Waals surface area contributed by atoms with Crippen LogP contribution in [-0.4, -0.2) is 83.3 Å². The van der Waals surface area contributed by atoms with Gasteiger partial charge in [-0.3, -0.25) is 4.79 Å². The molecule has 2 fully saturated rings. The van der Waals surface area contributed by atoms with Crippen LogP contribution in [0.2, 0.25) is 0 Å². The maximum absolute atomic E-state index is 12.7. The van der Waals surface area contributed by atoms with Crippen molar-refractivity contribution in [3.05, 3.63) is 36.0 Å². The van der Waals surface area contributed by atoms with Gasteiger partial charge < -0.3 is 25.0 Å². The maximum Gasteiger partial charge on any atom is 0.254 e. The molecule has 0 bridgehead atoms. The van der Waals surface area contributed by atoms with E-state index in [1.165, 1.54) is 0 Å². The van der Waals surface area contributed by atoms with Crippen molar-refractivity contribution in [3.63, 3.8) is 0 Å². The highest BCUT2D eigenvalue weighted by molar-refractivity contribution is 5.95. The first kappa shape index (κ1) is 19.6. The summed E-state index contributed by atoms with van der Waals surface area (Å²) in [6, 6.07) is 7.41. The van der Waals surface area contributed by atoms with Crippen LogP contribution in [0.4, 0.5) is 11.8 Å². The van der Waals surface area contributed by atoms with E-state index in [4.69, 9.17) is 20.2 Å². The van der Waals surface area contributed by atoms with Gasteiger partial charge in [0.25, 0.3) is 5.91 Å². The zero-order valence-corrected chi connectivity index (χ0v) is 17.0. The Morgan fingerprint density at radius 1 is 0.903 bits per heavy atom. The van der Waals surface area contributed by atoms with Crippen molar-refractivity contribution in [3.8, 4) is 11.3 Å². The summed E-state index contributed by atoms with van der Waals surface area (Å²) in [7, 11) is 0. The molecule has 5 rings (SSSR count). The number of nitrogens with two attached hydrogens (primary N) is 1. The number of carbonyl (C=O) groups is 1. The Bertz CT molecular complexity index is 1090. The fourth-order valence-electron chi connectivity index (χ4n) is 3.78. The highest BCUT2D eigenvalue weighted by Crippen LogP contribution is 2.26. The quantitative estimate of drug-likeness (QED) is 0.660. The number of hydrogen-bond donors (Lipinski definition) is 1. The van der Waals surface area contributed by atoms with Gasteiger partial charge in [-0.2, -0.15) is 9.97 Å². The minimum Gasteiger partial charge on any atom is -0.378 e. The van der Waals surface area contributed by atoms with Gasteiger partial charge in [0.2, 0.25) is 5.95 Å². The number of anilines is 2. The van der Waals surface area contributed by atoms with Crippen LogP contribution in [0.5, 0.6) is 0 Å². The van der Waals surface area contributed by atoms with Crippen molar-refractivity contribution in [2.75, 3.05) is 63.2 Å². The number of rotatable bonds is 3. The largest absolute Gasteiger partial charge is 0.378 e. The van der Waals surface area contributed by atoms with Crippen LogP contribution >= 0.6 is 0 Å². The second kappa shape index (κ2) is 8.40. The first-order chi connectivity index (χ1) is 15.2. The number of nitrogen functional groups attached to an aromatic ring is 1. The van der Waals surface area contributed by atoms with E-state index in [2.05, 4.69) is 19.9 Å². The number of aromatic nitrogens is 4. The number of amides is 1. The molecule has 1 amide bonds. The van der Waals surface area contributed by atoms with Crippen molar-refractivity contribution in [2.24, 2.45) is 0 Å². The van der Waals surface area contributed by atoms with Crippen LogP contribution in [-0.2, 0) is 9.47 Å². The van der Waals surface area contributed by atoms with Gasteiger partial charge in [-0.25, -0.2) is 9.97 Å². The average molecular weight is 421 g/mol. The van der Waals surface area contributed by atoms with Gasteiger partial charge in [0.05, 0.1) is 38.3 Å². The molecule has 0 atom stereocenters. The van der Waals surface area contributed by atoms with Crippen molar-refractivity contribution < 1.29 is 14.3 Å². The third-order valence-electron chi connectivity index (χ3n) is 5.44. The number of ether oxygens (including phenoxy) is 2. The van der Waals surface area contributed by atoms with Crippen molar-refractivity contribution >= 4 is 28.8 Å². The van der Waals surface area contributed by atoms with E-state index >= 15 is 0 Å². The fourth-order valence-corrected chi connectivity index (χ4v) is 3.78. The molecule has 10 nitrogen and oxygen atoms in total. The first-order valence-electron chi connectivity index (χ1n) is 10.3. The number of fused-ring (bicyclic) bond motifs is 1. The molecule has 0 saturated carbocycles. The molecule has 31 heavy (non-hydrogen) atoms. The Hall–Kier alpha value is -3.37. The summed E-state index contributed by atoms with van der Waals surface area (Å²) in [6.45, 7) is 5.04. The molecular weight excluding hydrogens is 398 g/mol. The summed E-state index contributed by atoms with van der Waals surface area (Å²) in [5.74, 6) is 0.846. The Labute approximate surface area is 179 Å². The zero-order chi connectivity index (χ0) is 21.2. The molecule has 0 unspecified atom stereocenters. The molecule has 4 heterocycles. The third kappa shape index (κ3) is 3.99. The topological polar surface area (TPSA) is 120 Å². The summed E-state index contributed by atoms with van der Waals surface area (Å²) in [6.07, 6.45) is 1.66. The van der Waals surface area contributed by atoms with Crippen molar-refractivity contribution in [1.82, 2.24) is 24.8 Å². The molecule has 10 heteroatoms. The Kier molecular flexibility index (Phi) is 5.31. The lowest BCUT2D eigenvalue weighted by Gasteiger charge is -2.28. The Morgan fingerprint density at radius 2 is 1.58 bits per heavy atom. The molecule has 1 aromatic carbocycles. The van der Waals surface area contributed by atoms with E-state index < -0.39 is 0 Å². The summed E-state index contributed by atoms with van der Waals surface area (Å²) < 4.78 is 10.8. The van der Waals surface area contributed by atoms with E-state index in [9.17, 15) is 4.79 Å². The van der Waals surface area contributed by atoms with Crippen LogP contribution < -0.4 is 10.6 Å². The second-order valence-electron chi connectivity index (χ2n) is 7.41. The van der Waals surface area contributed by atoms with Crippen LogP contribution in [0.25, 0.3) is 22.4 Å². The normalized spacial score (nSPS) is 17.2. The molecule has 160 valence electrons. The van der Waals surface area contributed by atoms with Gasteiger partial charge >= 0.3 is 0 Å². The summed E-state index contributed by atoms with van der Waals surface area (Å²) in [5.41, 5.74) is 9.13. The fraction of sp³-hybridized carbons (Fsp3) is 0.381. The lowest BCUT2D eigenvalue weighted by atomic mass is 10.1. The molecule has 2 aliphatic heterocycles. The molecule has 2 N–H and O–H groups in total. The van der Waals surface area contributed by atoms with Gasteiger partial charge in [-0.15, -0.1) is 0 Å². The summed E-state index contributed by atoms with van der Waals surface area (Å²) in [4.78, 5) is 34.5. The van der Waals surface area contributed by atoms with Gasteiger partial charge in [0.15, 0.2) is 17.0 Å². The number of nitrogens with zero attached hydrogens (tertiary/aromatic N) is 6. The lowest BCUT2D eigenvalue weighted by molar-refractivity contribution is 0.0303. The van der Waals surface area contributed by atoms with Crippen molar-refractivity contribution in [1.29, 1.82) is 0 Å². The monoisotopic (exact) mass is 421 g/mol. The van der Waals surface area contributed by atoms with E-state index in [0.717, 1.165) is 5.56 Å². The van der Waals surface area contributed by atoms with Gasteiger partial charge in [-0.1, -0.05) is 12.1 Å². The van der Waals surface area contributed by atoms with E-state index in [1.54, 1.807) is 6.20 Å². The van der Waals surface area contributed by atoms with E-state index in [0.29, 0.717) is 80.8 Å². The summed E-state index contributed by atoms with van der Waals surface area (Å²) in [5, 5.41) is 0. The minimum absolute atomic E-state index is 0.0120. The standard InChI is InChI=1S/C21H23N7O3/c22-21-25-18-17(19(26-21)27-5-9-30-10-6-27)24-16(13-23-18)14-1-3-15(4-2-14)20(29)28-7-11-31-12-8-28/h1-4,13H,5-12H2,(H2,22,23,25,26). The molecule has 0 aliphatic carbocycles. The average Bonchev–Trinajstić information content (AvgIpc) is 2.84. The van der Waals surface area contributed by atoms with Gasteiger partial charge in [0, 0.05) is 37.3 Å². The van der Waals surface area contributed by atoms with E-state index in [-0.39, 0.29) is 11.9 Å². The van der Waals surface area contributed by atoms with Crippen LogP contribution in [0.15, 0.2) is 30.5 Å². The number of morpholine rings is 2. The van der Waals surface area contributed by atoms with Crippen LogP contribution in [0.1, 0.15) is 10.4 Å². The highest BCUT2D eigenvalue weighted by atomic mass is 16.5.